The number of rotatable bonds is 6. The number of ether oxygens (including phenoxy) is 2. The molecule has 0 radical (unpaired) electrons. The molecule has 2 unspecified atom stereocenters. The number of aromatic nitrogens is 1. The van der Waals surface area contributed by atoms with E-state index in [0.717, 1.165) is 32.5 Å². The van der Waals surface area contributed by atoms with Crippen LogP contribution in [0.3, 0.4) is 0 Å². The third-order valence-corrected chi connectivity index (χ3v) is 6.46. The quantitative estimate of drug-likeness (QED) is 0.624. The molecular weight excluding hydrogens is 410 g/mol. The van der Waals surface area contributed by atoms with Crippen molar-refractivity contribution in [2.75, 3.05) is 20.2 Å². The summed E-state index contributed by atoms with van der Waals surface area (Å²) < 4.78 is 11.3. The highest BCUT2D eigenvalue weighted by atomic mass is 32.1. The van der Waals surface area contributed by atoms with E-state index >= 15 is 0 Å². The number of benzene rings is 2. The molecule has 6 nitrogen and oxygen atoms in total. The SMILES string of the molecule is COc1ccc2c(c1)OC(C)CN(CC(=O)NC(C)c1cnc(-c3ccccc3)s1)C2. The van der Waals surface area contributed by atoms with Crippen molar-refractivity contribution in [3.05, 3.63) is 65.2 Å². The molecule has 0 aliphatic carbocycles. The van der Waals surface area contributed by atoms with E-state index in [4.69, 9.17) is 9.47 Å². The number of carbonyl (C=O) groups excluding carboxylic acids is 1. The Balaban J connectivity index is 1.38. The molecule has 1 aliphatic rings. The largest absolute Gasteiger partial charge is 0.497 e. The third kappa shape index (κ3) is 5.24. The highest BCUT2D eigenvalue weighted by Crippen LogP contribution is 2.30. The van der Waals surface area contributed by atoms with Gasteiger partial charge in [-0.15, -0.1) is 11.3 Å². The first-order valence-corrected chi connectivity index (χ1v) is 11.2. The number of methoxy groups -OCH3 is 1. The third-order valence-electron chi connectivity index (χ3n) is 5.23. The van der Waals surface area contributed by atoms with Gasteiger partial charge in [0.2, 0.25) is 5.91 Å². The van der Waals surface area contributed by atoms with Crippen LogP contribution < -0.4 is 14.8 Å². The molecule has 1 aliphatic heterocycles. The molecule has 0 saturated heterocycles. The van der Waals surface area contributed by atoms with Crippen LogP contribution in [-0.4, -0.2) is 42.1 Å². The molecule has 0 saturated carbocycles. The molecular formula is C24H27N3O3S. The van der Waals surface area contributed by atoms with Crippen LogP contribution >= 0.6 is 11.3 Å². The minimum atomic E-state index is -0.0975. The second-order valence-electron chi connectivity index (χ2n) is 7.79. The Morgan fingerprint density at radius 1 is 1.32 bits per heavy atom. The summed E-state index contributed by atoms with van der Waals surface area (Å²) in [6.07, 6.45) is 1.83. The monoisotopic (exact) mass is 437 g/mol. The summed E-state index contributed by atoms with van der Waals surface area (Å²) in [5, 5.41) is 4.08. The lowest BCUT2D eigenvalue weighted by molar-refractivity contribution is -0.123. The normalized spacial score (nSPS) is 17.2. The molecule has 1 amide bonds. The van der Waals surface area contributed by atoms with Crippen molar-refractivity contribution < 1.29 is 14.3 Å². The van der Waals surface area contributed by atoms with Gasteiger partial charge in [-0.05, 0) is 19.9 Å². The van der Waals surface area contributed by atoms with Gasteiger partial charge >= 0.3 is 0 Å². The summed E-state index contributed by atoms with van der Waals surface area (Å²) in [6, 6.07) is 15.8. The van der Waals surface area contributed by atoms with Gasteiger partial charge in [-0.2, -0.15) is 0 Å². The number of hydrogen-bond donors (Lipinski definition) is 1. The minimum absolute atomic E-state index is 0.00803. The maximum atomic E-state index is 12.8. The van der Waals surface area contributed by atoms with Gasteiger partial charge in [-0.1, -0.05) is 36.4 Å². The van der Waals surface area contributed by atoms with Crippen LogP contribution in [0.5, 0.6) is 11.5 Å². The van der Waals surface area contributed by atoms with Crippen LogP contribution in [0.4, 0.5) is 0 Å². The van der Waals surface area contributed by atoms with Crippen molar-refractivity contribution in [2.24, 2.45) is 0 Å². The van der Waals surface area contributed by atoms with Crippen LogP contribution in [0.25, 0.3) is 10.6 Å². The summed E-state index contributed by atoms with van der Waals surface area (Å²) in [7, 11) is 1.64. The second kappa shape index (κ2) is 9.49. The molecule has 7 heteroatoms. The molecule has 4 rings (SSSR count). The average molecular weight is 438 g/mol. The zero-order valence-electron chi connectivity index (χ0n) is 18.0. The number of carbonyl (C=O) groups is 1. The Kier molecular flexibility index (Phi) is 6.53. The van der Waals surface area contributed by atoms with Gasteiger partial charge < -0.3 is 14.8 Å². The fourth-order valence-corrected chi connectivity index (χ4v) is 4.63. The predicted octanol–water partition coefficient (Wildman–Crippen LogP) is 4.28. The smallest absolute Gasteiger partial charge is 0.234 e. The molecule has 2 atom stereocenters. The van der Waals surface area contributed by atoms with Crippen LogP contribution in [0.15, 0.2) is 54.7 Å². The highest BCUT2D eigenvalue weighted by Gasteiger charge is 2.23. The summed E-state index contributed by atoms with van der Waals surface area (Å²) >= 11 is 1.61. The van der Waals surface area contributed by atoms with Crippen LogP contribution in [0, 0.1) is 0 Å². The number of hydrogen-bond acceptors (Lipinski definition) is 6. The lowest BCUT2D eigenvalue weighted by Crippen LogP contribution is -2.40. The van der Waals surface area contributed by atoms with Crippen molar-refractivity contribution in [1.82, 2.24) is 15.2 Å². The van der Waals surface area contributed by atoms with E-state index < -0.39 is 0 Å². The first-order chi connectivity index (χ1) is 15.0. The van der Waals surface area contributed by atoms with Gasteiger partial charge in [0.25, 0.3) is 0 Å². The Bertz CT molecular complexity index is 1040. The second-order valence-corrected chi connectivity index (χ2v) is 8.86. The maximum Gasteiger partial charge on any atom is 0.234 e. The van der Waals surface area contributed by atoms with Crippen LogP contribution in [0.2, 0.25) is 0 Å². The average Bonchev–Trinajstić information content (AvgIpc) is 3.20. The minimum Gasteiger partial charge on any atom is -0.497 e. The fraction of sp³-hybridized carbons (Fsp3) is 0.333. The van der Waals surface area contributed by atoms with E-state index in [9.17, 15) is 4.79 Å². The molecule has 1 aromatic heterocycles. The molecule has 31 heavy (non-hydrogen) atoms. The summed E-state index contributed by atoms with van der Waals surface area (Å²) in [6.45, 7) is 5.66. The standard InChI is InChI=1S/C24H27N3O3S/c1-16-13-27(14-19-9-10-20(29-3)11-21(19)30-16)15-23(28)26-17(2)22-12-25-24(31-22)18-7-5-4-6-8-18/h4-12,16-17H,13-15H2,1-3H3,(H,26,28). The van der Waals surface area contributed by atoms with Gasteiger partial charge in [0.1, 0.15) is 22.6 Å². The highest BCUT2D eigenvalue weighted by molar-refractivity contribution is 7.15. The van der Waals surface area contributed by atoms with E-state index in [2.05, 4.69) is 15.2 Å². The Morgan fingerprint density at radius 3 is 2.90 bits per heavy atom. The Labute approximate surface area is 186 Å². The molecule has 2 aromatic carbocycles. The number of nitrogens with one attached hydrogen (secondary N) is 1. The van der Waals surface area contributed by atoms with E-state index in [0.29, 0.717) is 19.6 Å². The predicted molar refractivity (Wildman–Crippen MR) is 122 cm³/mol. The maximum absolute atomic E-state index is 12.8. The molecule has 0 spiro atoms. The lowest BCUT2D eigenvalue weighted by atomic mass is 10.2. The molecule has 0 fully saturated rings. The van der Waals surface area contributed by atoms with Gasteiger partial charge in [-0.25, -0.2) is 4.98 Å². The number of fused-ring (bicyclic) bond motifs is 1. The zero-order valence-corrected chi connectivity index (χ0v) is 18.8. The van der Waals surface area contributed by atoms with Crippen molar-refractivity contribution in [3.8, 4) is 22.1 Å². The summed E-state index contributed by atoms with van der Waals surface area (Å²) in [5.41, 5.74) is 2.15. The zero-order chi connectivity index (χ0) is 21.8. The Morgan fingerprint density at radius 2 is 2.13 bits per heavy atom. The van der Waals surface area contributed by atoms with Gasteiger partial charge in [0.15, 0.2) is 0 Å². The Hall–Kier alpha value is -2.90. The van der Waals surface area contributed by atoms with Crippen molar-refractivity contribution >= 4 is 17.2 Å². The van der Waals surface area contributed by atoms with Gasteiger partial charge in [0.05, 0.1) is 19.7 Å². The first-order valence-electron chi connectivity index (χ1n) is 10.4. The summed E-state index contributed by atoms with van der Waals surface area (Å²) in [5.74, 6) is 1.58. The van der Waals surface area contributed by atoms with E-state index in [1.165, 1.54) is 0 Å². The van der Waals surface area contributed by atoms with E-state index in [1.54, 1.807) is 18.4 Å². The number of thiazole rings is 1. The van der Waals surface area contributed by atoms with Crippen molar-refractivity contribution in [2.45, 2.75) is 32.5 Å². The van der Waals surface area contributed by atoms with E-state index in [1.807, 2.05) is 68.6 Å². The molecule has 162 valence electrons. The molecule has 2 heterocycles. The lowest BCUT2D eigenvalue weighted by Gasteiger charge is -2.22. The van der Waals surface area contributed by atoms with Crippen molar-refractivity contribution in [3.63, 3.8) is 0 Å². The van der Waals surface area contributed by atoms with Crippen LogP contribution in [0.1, 0.15) is 30.3 Å². The van der Waals surface area contributed by atoms with Gasteiger partial charge in [-0.3, -0.25) is 9.69 Å². The number of amides is 1. The summed E-state index contributed by atoms with van der Waals surface area (Å²) in [4.78, 5) is 20.5. The number of nitrogens with zero attached hydrogens (tertiary/aromatic N) is 2. The van der Waals surface area contributed by atoms with Crippen molar-refractivity contribution in [1.29, 1.82) is 0 Å². The van der Waals surface area contributed by atoms with Crippen LogP contribution in [-0.2, 0) is 11.3 Å². The molecule has 1 N–H and O–H groups in total. The molecule has 0 bridgehead atoms. The van der Waals surface area contributed by atoms with Gasteiger partial charge in [0, 0.05) is 41.4 Å². The fourth-order valence-electron chi connectivity index (χ4n) is 3.71. The topological polar surface area (TPSA) is 63.7 Å². The van der Waals surface area contributed by atoms with E-state index in [-0.39, 0.29) is 18.1 Å². The molecule has 3 aromatic rings. The first kappa shape index (κ1) is 21.3.